The van der Waals surface area contributed by atoms with Crippen LogP contribution in [0.5, 0.6) is 0 Å². The molecule has 1 N–H and O–H groups in total. The van der Waals surface area contributed by atoms with Crippen LogP contribution in [0.3, 0.4) is 0 Å². The van der Waals surface area contributed by atoms with Gasteiger partial charge in [0.2, 0.25) is 0 Å². The molecule has 1 saturated carbocycles. The van der Waals surface area contributed by atoms with Gasteiger partial charge in [0, 0.05) is 6.42 Å². The van der Waals surface area contributed by atoms with E-state index in [2.05, 4.69) is 6.92 Å². The van der Waals surface area contributed by atoms with E-state index in [0.29, 0.717) is 22.4 Å². The van der Waals surface area contributed by atoms with Crippen molar-refractivity contribution < 1.29 is 5.11 Å². The van der Waals surface area contributed by atoms with Gasteiger partial charge in [-0.3, -0.25) is 0 Å². The smallest absolute Gasteiger partial charge is 0.0720 e. The van der Waals surface area contributed by atoms with Crippen molar-refractivity contribution in [2.24, 2.45) is 5.92 Å². The van der Waals surface area contributed by atoms with Crippen molar-refractivity contribution in [1.29, 1.82) is 0 Å². The molecule has 0 spiro atoms. The fourth-order valence-corrected chi connectivity index (χ4v) is 2.63. The average Bonchev–Trinajstić information content (AvgIpc) is 2.84. The van der Waals surface area contributed by atoms with Crippen LogP contribution >= 0.6 is 23.2 Å². The highest BCUT2D eigenvalue weighted by atomic mass is 35.5. The van der Waals surface area contributed by atoms with E-state index in [0.717, 1.165) is 24.8 Å². The van der Waals surface area contributed by atoms with Crippen molar-refractivity contribution >= 4 is 23.2 Å². The lowest BCUT2D eigenvalue weighted by Crippen LogP contribution is -2.14. The first-order valence-electron chi connectivity index (χ1n) is 5.71. The van der Waals surface area contributed by atoms with Crippen LogP contribution in [0.4, 0.5) is 0 Å². The Kier molecular flexibility index (Phi) is 3.48. The summed E-state index contributed by atoms with van der Waals surface area (Å²) in [4.78, 5) is 0. The molecule has 0 amide bonds. The molecule has 0 aliphatic heterocycles. The second-order valence-electron chi connectivity index (χ2n) is 4.72. The van der Waals surface area contributed by atoms with Gasteiger partial charge in [-0.15, -0.1) is 0 Å². The van der Waals surface area contributed by atoms with E-state index in [1.807, 2.05) is 12.1 Å². The lowest BCUT2D eigenvalue weighted by molar-refractivity contribution is 0.129. The first-order chi connectivity index (χ1) is 7.55. The van der Waals surface area contributed by atoms with Crippen molar-refractivity contribution in [2.45, 2.75) is 38.2 Å². The molecule has 0 saturated heterocycles. The molecule has 1 fully saturated rings. The Morgan fingerprint density at radius 2 is 2.12 bits per heavy atom. The van der Waals surface area contributed by atoms with E-state index in [-0.39, 0.29) is 0 Å². The van der Waals surface area contributed by atoms with Gasteiger partial charge in [0.15, 0.2) is 0 Å². The van der Waals surface area contributed by atoms with Gasteiger partial charge in [-0.05, 0) is 36.5 Å². The summed E-state index contributed by atoms with van der Waals surface area (Å²) in [6, 6.07) is 5.58. The monoisotopic (exact) mass is 258 g/mol. The molecular formula is C13H16Cl2O. The lowest BCUT2D eigenvalue weighted by atomic mass is 10.0. The summed E-state index contributed by atoms with van der Waals surface area (Å²) in [6.07, 6.45) is 3.85. The van der Waals surface area contributed by atoms with E-state index < -0.39 is 5.60 Å². The van der Waals surface area contributed by atoms with Crippen molar-refractivity contribution in [3.63, 3.8) is 0 Å². The molecule has 1 aliphatic rings. The molecule has 3 heteroatoms. The van der Waals surface area contributed by atoms with Crippen molar-refractivity contribution in [3.05, 3.63) is 33.8 Å². The minimum Gasteiger partial charge on any atom is -0.389 e. The van der Waals surface area contributed by atoms with Gasteiger partial charge in [-0.1, -0.05) is 42.6 Å². The molecule has 2 unspecified atom stereocenters. The Morgan fingerprint density at radius 3 is 2.75 bits per heavy atom. The number of benzene rings is 1. The Bertz CT molecular complexity index is 392. The number of hydrogen-bond donors (Lipinski definition) is 1. The van der Waals surface area contributed by atoms with Gasteiger partial charge in [0.05, 0.1) is 15.6 Å². The molecule has 0 bridgehead atoms. The second kappa shape index (κ2) is 4.56. The molecular weight excluding hydrogens is 243 g/mol. The maximum Gasteiger partial charge on any atom is 0.0720 e. The third kappa shape index (κ3) is 2.53. The third-order valence-corrected chi connectivity index (χ3v) is 4.07. The zero-order valence-corrected chi connectivity index (χ0v) is 10.9. The van der Waals surface area contributed by atoms with Gasteiger partial charge in [0.1, 0.15) is 0 Å². The summed E-state index contributed by atoms with van der Waals surface area (Å²) >= 11 is 11.8. The molecule has 0 heterocycles. The molecule has 1 aliphatic carbocycles. The minimum atomic E-state index is -0.493. The van der Waals surface area contributed by atoms with Gasteiger partial charge in [0.25, 0.3) is 0 Å². The molecule has 1 aromatic rings. The standard InChI is InChI=1S/C13H16Cl2O/c1-2-3-10-8-13(10,16)7-9-4-5-11(14)12(15)6-9/h4-6,10,16H,2-3,7-8H2,1H3. The maximum atomic E-state index is 10.3. The van der Waals surface area contributed by atoms with Gasteiger partial charge in [-0.2, -0.15) is 0 Å². The Labute approximate surface area is 106 Å². The lowest BCUT2D eigenvalue weighted by Gasteiger charge is -2.11. The third-order valence-electron chi connectivity index (χ3n) is 3.33. The summed E-state index contributed by atoms with van der Waals surface area (Å²) in [7, 11) is 0. The van der Waals surface area contributed by atoms with Crippen molar-refractivity contribution in [2.75, 3.05) is 0 Å². The molecule has 2 atom stereocenters. The largest absolute Gasteiger partial charge is 0.389 e. The fourth-order valence-electron chi connectivity index (χ4n) is 2.31. The topological polar surface area (TPSA) is 20.2 Å². The first-order valence-corrected chi connectivity index (χ1v) is 6.47. The highest BCUT2D eigenvalue weighted by molar-refractivity contribution is 6.42. The summed E-state index contributed by atoms with van der Waals surface area (Å²) in [5.74, 6) is 0.465. The molecule has 1 nitrogen and oxygen atoms in total. The molecule has 1 aromatic carbocycles. The van der Waals surface area contributed by atoms with Gasteiger partial charge < -0.3 is 5.11 Å². The van der Waals surface area contributed by atoms with Gasteiger partial charge >= 0.3 is 0 Å². The van der Waals surface area contributed by atoms with Crippen LogP contribution < -0.4 is 0 Å². The van der Waals surface area contributed by atoms with Crippen LogP contribution in [0, 0.1) is 5.92 Å². The second-order valence-corrected chi connectivity index (χ2v) is 5.53. The Hall–Kier alpha value is -0.240. The van der Waals surface area contributed by atoms with E-state index in [1.54, 1.807) is 6.07 Å². The summed E-state index contributed by atoms with van der Waals surface area (Å²) < 4.78 is 0. The normalized spacial score (nSPS) is 28.1. The molecule has 88 valence electrons. The van der Waals surface area contributed by atoms with Crippen LogP contribution in [0.2, 0.25) is 10.0 Å². The Morgan fingerprint density at radius 1 is 1.38 bits per heavy atom. The zero-order valence-electron chi connectivity index (χ0n) is 9.34. The van der Waals surface area contributed by atoms with Crippen LogP contribution in [-0.2, 0) is 6.42 Å². The summed E-state index contributed by atoms with van der Waals surface area (Å²) in [6.45, 7) is 2.15. The van der Waals surface area contributed by atoms with Crippen LogP contribution in [0.1, 0.15) is 31.7 Å². The van der Waals surface area contributed by atoms with Crippen molar-refractivity contribution in [3.8, 4) is 0 Å². The predicted molar refractivity (Wildman–Crippen MR) is 68.1 cm³/mol. The molecule has 16 heavy (non-hydrogen) atoms. The average molecular weight is 259 g/mol. The van der Waals surface area contributed by atoms with E-state index in [1.165, 1.54) is 0 Å². The molecule has 0 radical (unpaired) electrons. The summed E-state index contributed by atoms with van der Waals surface area (Å²) in [5, 5.41) is 11.4. The number of aliphatic hydroxyl groups is 1. The minimum absolute atomic E-state index is 0.465. The quantitative estimate of drug-likeness (QED) is 0.863. The van der Waals surface area contributed by atoms with Crippen molar-refractivity contribution in [1.82, 2.24) is 0 Å². The van der Waals surface area contributed by atoms with E-state index in [9.17, 15) is 5.11 Å². The zero-order chi connectivity index (χ0) is 11.8. The number of hydrogen-bond acceptors (Lipinski definition) is 1. The molecule has 0 aromatic heterocycles. The summed E-state index contributed by atoms with van der Waals surface area (Å²) in [5.41, 5.74) is 0.572. The highest BCUT2D eigenvalue weighted by Crippen LogP contribution is 2.48. The SMILES string of the molecule is CCCC1CC1(O)Cc1ccc(Cl)c(Cl)c1. The number of rotatable bonds is 4. The van der Waals surface area contributed by atoms with E-state index >= 15 is 0 Å². The predicted octanol–water partition coefficient (Wildman–Crippen LogP) is 4.09. The van der Waals surface area contributed by atoms with Crippen LogP contribution in [0.15, 0.2) is 18.2 Å². The fraction of sp³-hybridized carbons (Fsp3) is 0.538. The maximum absolute atomic E-state index is 10.3. The first kappa shape index (κ1) is 12.2. The molecule has 2 rings (SSSR count). The Balaban J connectivity index is 2.02. The van der Waals surface area contributed by atoms with Crippen LogP contribution in [0.25, 0.3) is 0 Å². The highest BCUT2D eigenvalue weighted by Gasteiger charge is 2.51. The van der Waals surface area contributed by atoms with Crippen LogP contribution in [-0.4, -0.2) is 10.7 Å². The number of halogens is 2. The van der Waals surface area contributed by atoms with Gasteiger partial charge in [-0.25, -0.2) is 0 Å². The van der Waals surface area contributed by atoms with E-state index in [4.69, 9.17) is 23.2 Å².